The molecule has 3 N–H and O–H groups in total. The lowest BCUT2D eigenvalue weighted by atomic mass is 9.94. The number of carbonyl (C=O) groups excluding carboxylic acids is 1. The van der Waals surface area contributed by atoms with Crippen LogP contribution in [-0.2, 0) is 20.7 Å². The first kappa shape index (κ1) is 22.8. The molecule has 2 aliphatic heterocycles. The van der Waals surface area contributed by atoms with Crippen LogP contribution in [0.15, 0.2) is 36.7 Å². The van der Waals surface area contributed by atoms with Crippen molar-refractivity contribution in [3.8, 4) is 0 Å². The Bertz CT molecular complexity index is 863. The molecule has 31 heavy (non-hydrogen) atoms. The number of benzene rings is 1. The molecule has 1 aromatic heterocycles. The number of hydrogen-bond donors (Lipinski definition) is 3. The number of aliphatic carboxylic acids is 1. The molecule has 0 saturated carbocycles. The van der Waals surface area contributed by atoms with Crippen LogP contribution in [0.1, 0.15) is 49.4 Å². The van der Waals surface area contributed by atoms with Crippen molar-refractivity contribution in [1.29, 1.82) is 0 Å². The first-order valence-corrected chi connectivity index (χ1v) is 10.4. The van der Waals surface area contributed by atoms with Gasteiger partial charge in [-0.2, -0.15) is 0 Å². The number of aromatic amines is 1. The van der Waals surface area contributed by atoms with Crippen molar-refractivity contribution in [3.05, 3.63) is 53.6 Å². The van der Waals surface area contributed by atoms with Crippen LogP contribution >= 0.6 is 0 Å². The molecule has 9 nitrogen and oxygen atoms in total. The maximum absolute atomic E-state index is 12.4. The molecule has 0 spiro atoms. The van der Waals surface area contributed by atoms with Crippen LogP contribution in [0, 0.1) is 5.92 Å². The number of fused-ring (bicyclic) bond motifs is 1. The van der Waals surface area contributed by atoms with Crippen LogP contribution in [0.5, 0.6) is 0 Å². The minimum Gasteiger partial charge on any atom is -0.479 e. The summed E-state index contributed by atoms with van der Waals surface area (Å²) in [5.41, 5.74) is 2.52. The van der Waals surface area contributed by atoms with Crippen molar-refractivity contribution in [2.24, 2.45) is 5.92 Å². The molecule has 3 heterocycles. The highest BCUT2D eigenvalue weighted by molar-refractivity contribution is 5.73. The Morgan fingerprint density at radius 2 is 2.03 bits per heavy atom. The van der Waals surface area contributed by atoms with E-state index in [0.29, 0.717) is 31.2 Å². The van der Waals surface area contributed by atoms with Gasteiger partial charge in [-0.3, -0.25) is 4.90 Å². The summed E-state index contributed by atoms with van der Waals surface area (Å²) >= 11 is 0. The van der Waals surface area contributed by atoms with Crippen LogP contribution in [0.4, 0.5) is 4.79 Å². The van der Waals surface area contributed by atoms with E-state index in [4.69, 9.17) is 19.7 Å². The second-order valence-corrected chi connectivity index (χ2v) is 7.92. The summed E-state index contributed by atoms with van der Waals surface area (Å²) in [7, 11) is 0. The van der Waals surface area contributed by atoms with Crippen molar-refractivity contribution in [2.45, 2.75) is 44.9 Å². The fourth-order valence-corrected chi connectivity index (χ4v) is 3.78. The lowest BCUT2D eigenvalue weighted by molar-refractivity contribution is -0.146. The minimum atomic E-state index is -1.41. The quantitative estimate of drug-likeness (QED) is 0.680. The minimum absolute atomic E-state index is 0.0141. The summed E-state index contributed by atoms with van der Waals surface area (Å²) in [5.74, 6) is -0.930. The molecule has 1 aromatic carbocycles. The van der Waals surface area contributed by atoms with Gasteiger partial charge in [0.25, 0.3) is 0 Å². The summed E-state index contributed by atoms with van der Waals surface area (Å²) in [6, 6.07) is 8.25. The van der Waals surface area contributed by atoms with Crippen molar-refractivity contribution >= 4 is 12.1 Å². The number of ether oxygens (including phenoxy) is 2. The summed E-state index contributed by atoms with van der Waals surface area (Å²) in [6.45, 7) is 6.07. The molecule has 9 heteroatoms. The lowest BCUT2D eigenvalue weighted by Crippen LogP contribution is -2.43. The molecule has 1 amide bonds. The number of aliphatic hydroxyl groups is 1. The van der Waals surface area contributed by atoms with E-state index in [0.717, 1.165) is 24.2 Å². The van der Waals surface area contributed by atoms with Gasteiger partial charge < -0.3 is 24.7 Å². The van der Waals surface area contributed by atoms with E-state index in [9.17, 15) is 9.59 Å². The van der Waals surface area contributed by atoms with Gasteiger partial charge in [0.05, 0.1) is 31.3 Å². The van der Waals surface area contributed by atoms with Crippen LogP contribution in [0.2, 0.25) is 0 Å². The molecule has 4 rings (SSSR count). The average molecular weight is 431 g/mol. The molecule has 2 aromatic rings. The second kappa shape index (κ2) is 10.4. The van der Waals surface area contributed by atoms with Gasteiger partial charge >= 0.3 is 12.1 Å². The van der Waals surface area contributed by atoms with E-state index in [1.165, 1.54) is 0 Å². The number of aromatic nitrogens is 2. The van der Waals surface area contributed by atoms with Gasteiger partial charge in [-0.05, 0) is 11.5 Å². The van der Waals surface area contributed by atoms with Crippen molar-refractivity contribution in [2.75, 3.05) is 19.8 Å². The number of carboxylic acid groups (broad SMARTS) is 1. The smallest absolute Gasteiger partial charge is 0.410 e. The predicted molar refractivity (Wildman–Crippen MR) is 111 cm³/mol. The molecule has 0 bridgehead atoms. The zero-order chi connectivity index (χ0) is 22.4. The van der Waals surface area contributed by atoms with Crippen molar-refractivity contribution < 1.29 is 29.3 Å². The van der Waals surface area contributed by atoms with Gasteiger partial charge in [-0.15, -0.1) is 0 Å². The van der Waals surface area contributed by atoms with Gasteiger partial charge in [-0.25, -0.2) is 14.6 Å². The molecule has 0 radical (unpaired) electrons. The van der Waals surface area contributed by atoms with Crippen LogP contribution in [0.3, 0.4) is 0 Å². The van der Waals surface area contributed by atoms with Crippen molar-refractivity contribution in [1.82, 2.24) is 14.9 Å². The monoisotopic (exact) mass is 431 g/mol. The fraction of sp³-hybridized carbons (Fsp3) is 0.500. The molecular formula is C22H29N3O6. The van der Waals surface area contributed by atoms with E-state index in [1.54, 1.807) is 36.7 Å². The Morgan fingerprint density at radius 1 is 1.29 bits per heavy atom. The van der Waals surface area contributed by atoms with E-state index >= 15 is 0 Å². The number of carboxylic acids is 1. The molecule has 2 aliphatic rings. The molecule has 168 valence electrons. The zero-order valence-corrected chi connectivity index (χ0v) is 17.7. The third kappa shape index (κ3) is 5.62. The highest BCUT2D eigenvalue weighted by Gasteiger charge is 2.36. The third-order valence-corrected chi connectivity index (χ3v) is 5.34. The standard InChI is InChI=1S/C14H21N3O3.C8H8O3/c1-9(2)13-12-11(15-8-16-12)3-5-17(13)14(18)20-10-4-6-19-7-10;9-7(8(10)11)6-4-2-1-3-5-6/h8-10,13H,3-7H2,1-2H3,(H,15,16);1-5,7,9H,(H,10,11)/t10-,13-;7-/m01/s1. The number of aliphatic hydroxyl groups excluding tert-OH is 1. The predicted octanol–water partition coefficient (Wildman–Crippen LogP) is 2.70. The Balaban J connectivity index is 0.000000210. The molecule has 0 unspecified atom stereocenters. The lowest BCUT2D eigenvalue weighted by Gasteiger charge is -2.36. The SMILES string of the molecule is CC(C)[C@H]1c2nc[nH]c2CCN1C(=O)O[C@H]1CCOC1.O=C(O)[C@H](O)c1ccccc1. The maximum atomic E-state index is 12.4. The zero-order valence-electron chi connectivity index (χ0n) is 17.7. The van der Waals surface area contributed by atoms with Gasteiger partial charge in [0.15, 0.2) is 6.10 Å². The van der Waals surface area contributed by atoms with Crippen LogP contribution in [0.25, 0.3) is 0 Å². The Kier molecular flexibility index (Phi) is 7.64. The third-order valence-electron chi connectivity index (χ3n) is 5.34. The van der Waals surface area contributed by atoms with Crippen molar-refractivity contribution in [3.63, 3.8) is 0 Å². The molecule has 1 fully saturated rings. The number of nitrogens with one attached hydrogen (secondary N) is 1. The topological polar surface area (TPSA) is 125 Å². The first-order chi connectivity index (χ1) is 14.9. The van der Waals surface area contributed by atoms with E-state index < -0.39 is 12.1 Å². The van der Waals surface area contributed by atoms with Gasteiger partial charge in [-0.1, -0.05) is 44.2 Å². The van der Waals surface area contributed by atoms with E-state index in [1.807, 2.05) is 4.90 Å². The summed E-state index contributed by atoms with van der Waals surface area (Å²) < 4.78 is 10.8. The summed E-state index contributed by atoms with van der Waals surface area (Å²) in [4.78, 5) is 32.0. The van der Waals surface area contributed by atoms with E-state index in [2.05, 4.69) is 23.8 Å². The number of carbonyl (C=O) groups is 2. The highest BCUT2D eigenvalue weighted by atomic mass is 16.6. The molecule has 1 saturated heterocycles. The number of imidazole rings is 1. The summed E-state index contributed by atoms with van der Waals surface area (Å²) in [5, 5.41) is 17.4. The van der Waals surface area contributed by atoms with Crippen LogP contribution in [-0.4, -0.2) is 63.0 Å². The number of rotatable bonds is 4. The molecular weight excluding hydrogens is 402 g/mol. The van der Waals surface area contributed by atoms with Gasteiger partial charge in [0, 0.05) is 25.1 Å². The Hall–Kier alpha value is -2.91. The highest BCUT2D eigenvalue weighted by Crippen LogP contribution is 2.34. The normalized spacial score (nSPS) is 21.1. The number of hydrogen-bond acceptors (Lipinski definition) is 6. The molecule has 0 aliphatic carbocycles. The molecule has 3 atom stereocenters. The first-order valence-electron chi connectivity index (χ1n) is 10.4. The van der Waals surface area contributed by atoms with Gasteiger partial charge in [0.2, 0.25) is 0 Å². The summed E-state index contributed by atoms with van der Waals surface area (Å²) in [6.07, 6.45) is 1.55. The average Bonchev–Trinajstić information content (AvgIpc) is 3.45. The van der Waals surface area contributed by atoms with E-state index in [-0.39, 0.29) is 18.2 Å². The number of nitrogens with zero attached hydrogens (tertiary/aromatic N) is 2. The number of H-pyrrole nitrogens is 1. The Morgan fingerprint density at radius 3 is 2.65 bits per heavy atom. The largest absolute Gasteiger partial charge is 0.479 e. The fourth-order valence-electron chi connectivity index (χ4n) is 3.78. The Labute approximate surface area is 181 Å². The van der Waals surface area contributed by atoms with Gasteiger partial charge in [0.1, 0.15) is 6.10 Å². The maximum Gasteiger partial charge on any atom is 0.410 e. The second-order valence-electron chi connectivity index (χ2n) is 7.92. The number of amides is 1. The van der Waals surface area contributed by atoms with Crippen LogP contribution < -0.4 is 0 Å².